The van der Waals surface area contributed by atoms with E-state index in [4.69, 9.17) is 0 Å². The zero-order valence-corrected chi connectivity index (χ0v) is 9.19. The first kappa shape index (κ1) is 12.7. The van der Waals surface area contributed by atoms with Gasteiger partial charge in [-0.1, -0.05) is 13.8 Å². The Balaban J connectivity index is 0.00000144. The highest BCUT2D eigenvalue weighted by molar-refractivity contribution is 5.85. The molecule has 4 heteroatoms. The Bertz CT molecular complexity index is 164. The first-order valence-corrected chi connectivity index (χ1v) is 4.79. The minimum Gasteiger partial charge on any atom is -0.337 e. The number of rotatable bonds is 2. The Labute approximate surface area is 86.3 Å². The number of nitrogens with zero attached hydrogens (tertiary/aromatic N) is 1. The van der Waals surface area contributed by atoms with Crippen molar-refractivity contribution >= 4 is 18.3 Å². The summed E-state index contributed by atoms with van der Waals surface area (Å²) < 4.78 is 0. The summed E-state index contributed by atoms with van der Waals surface area (Å²) in [6, 6.07) is 0.422. The molecule has 1 atom stereocenters. The van der Waals surface area contributed by atoms with Gasteiger partial charge in [-0.3, -0.25) is 4.79 Å². The number of hydrogen-bond donors (Lipinski definition) is 1. The van der Waals surface area contributed by atoms with Crippen molar-refractivity contribution in [2.24, 2.45) is 0 Å². The van der Waals surface area contributed by atoms with Crippen molar-refractivity contribution in [3.05, 3.63) is 0 Å². The van der Waals surface area contributed by atoms with Gasteiger partial charge < -0.3 is 10.2 Å². The molecule has 13 heavy (non-hydrogen) atoms. The number of nitrogens with one attached hydrogen (secondary N) is 1. The molecular weight excluding hydrogens is 188 g/mol. The molecule has 3 nitrogen and oxygen atoms in total. The molecule has 1 rings (SSSR count). The van der Waals surface area contributed by atoms with E-state index in [1.807, 2.05) is 11.8 Å². The van der Waals surface area contributed by atoms with Crippen LogP contribution in [0.1, 0.15) is 26.7 Å². The molecule has 0 radical (unpaired) electrons. The Hall–Kier alpha value is -0.280. The molecule has 0 aromatic heterocycles. The Morgan fingerprint density at radius 3 is 2.77 bits per heavy atom. The summed E-state index contributed by atoms with van der Waals surface area (Å²) in [7, 11) is 0. The van der Waals surface area contributed by atoms with E-state index in [1.54, 1.807) is 0 Å². The van der Waals surface area contributed by atoms with Gasteiger partial charge in [-0.2, -0.15) is 0 Å². The standard InChI is InChI=1S/C9H18N2O.ClH/c1-3-8-7-10-5-6-11(8)9(12)4-2;/h8,10H,3-7H2,1-2H3;1H/t8-;/m1./s1. The molecule has 1 aliphatic heterocycles. The fourth-order valence-corrected chi connectivity index (χ4v) is 1.66. The summed E-state index contributed by atoms with van der Waals surface area (Å²) in [5.41, 5.74) is 0. The lowest BCUT2D eigenvalue weighted by Crippen LogP contribution is -2.53. The highest BCUT2D eigenvalue weighted by Gasteiger charge is 2.23. The third-order valence-corrected chi connectivity index (χ3v) is 2.44. The summed E-state index contributed by atoms with van der Waals surface area (Å²) in [4.78, 5) is 13.4. The second-order valence-electron chi connectivity index (χ2n) is 3.21. The average Bonchev–Trinajstić information content (AvgIpc) is 2.16. The Kier molecular flexibility index (Phi) is 6.08. The van der Waals surface area contributed by atoms with E-state index in [9.17, 15) is 4.79 Å². The molecule has 0 saturated carbocycles. The number of carbonyl (C=O) groups excluding carboxylic acids is 1. The van der Waals surface area contributed by atoms with Crippen LogP contribution in [0.3, 0.4) is 0 Å². The van der Waals surface area contributed by atoms with Crippen molar-refractivity contribution in [2.45, 2.75) is 32.7 Å². The van der Waals surface area contributed by atoms with E-state index in [2.05, 4.69) is 12.2 Å². The van der Waals surface area contributed by atoms with E-state index in [1.165, 1.54) is 0 Å². The molecule has 78 valence electrons. The molecule has 1 N–H and O–H groups in total. The second kappa shape index (κ2) is 6.22. The van der Waals surface area contributed by atoms with E-state index in [-0.39, 0.29) is 12.4 Å². The highest BCUT2D eigenvalue weighted by atomic mass is 35.5. The topological polar surface area (TPSA) is 32.3 Å². The summed E-state index contributed by atoms with van der Waals surface area (Å²) in [6.07, 6.45) is 1.69. The molecule has 1 heterocycles. The van der Waals surface area contributed by atoms with Gasteiger partial charge in [0.25, 0.3) is 0 Å². The maximum atomic E-state index is 11.4. The molecule has 1 fully saturated rings. The maximum absolute atomic E-state index is 11.4. The lowest BCUT2D eigenvalue weighted by atomic mass is 10.1. The van der Waals surface area contributed by atoms with Gasteiger partial charge in [0, 0.05) is 32.1 Å². The Morgan fingerprint density at radius 2 is 2.23 bits per heavy atom. The van der Waals surface area contributed by atoms with Gasteiger partial charge >= 0.3 is 0 Å². The maximum Gasteiger partial charge on any atom is 0.222 e. The van der Waals surface area contributed by atoms with Crippen LogP contribution in [0, 0.1) is 0 Å². The first-order valence-electron chi connectivity index (χ1n) is 4.79. The predicted molar refractivity (Wildman–Crippen MR) is 56.2 cm³/mol. The van der Waals surface area contributed by atoms with E-state index >= 15 is 0 Å². The van der Waals surface area contributed by atoms with Gasteiger partial charge in [-0.15, -0.1) is 12.4 Å². The van der Waals surface area contributed by atoms with Crippen LogP contribution < -0.4 is 5.32 Å². The van der Waals surface area contributed by atoms with E-state index in [0.29, 0.717) is 18.4 Å². The lowest BCUT2D eigenvalue weighted by Gasteiger charge is -2.35. The smallest absolute Gasteiger partial charge is 0.222 e. The number of halogens is 1. The van der Waals surface area contributed by atoms with Crippen molar-refractivity contribution in [3.63, 3.8) is 0 Å². The third kappa shape index (κ3) is 3.16. The molecule has 0 aliphatic carbocycles. The molecule has 0 spiro atoms. The fourth-order valence-electron chi connectivity index (χ4n) is 1.66. The molecule has 1 amide bonds. The van der Waals surface area contributed by atoms with Crippen LogP contribution in [0.15, 0.2) is 0 Å². The quantitative estimate of drug-likeness (QED) is 0.732. The van der Waals surface area contributed by atoms with Gasteiger partial charge in [-0.25, -0.2) is 0 Å². The van der Waals surface area contributed by atoms with Crippen LogP contribution in [0.5, 0.6) is 0 Å². The van der Waals surface area contributed by atoms with Crippen LogP contribution in [0.4, 0.5) is 0 Å². The molecular formula is C9H19ClN2O. The molecule has 0 bridgehead atoms. The minimum absolute atomic E-state index is 0. The van der Waals surface area contributed by atoms with Crippen molar-refractivity contribution in [2.75, 3.05) is 19.6 Å². The molecule has 1 saturated heterocycles. The number of carbonyl (C=O) groups is 1. The van der Waals surface area contributed by atoms with Crippen LogP contribution in [-0.2, 0) is 4.79 Å². The fraction of sp³-hybridized carbons (Fsp3) is 0.889. The summed E-state index contributed by atoms with van der Waals surface area (Å²) in [5, 5.41) is 3.30. The summed E-state index contributed by atoms with van der Waals surface area (Å²) in [5.74, 6) is 0.295. The highest BCUT2D eigenvalue weighted by Crippen LogP contribution is 2.08. The zero-order valence-electron chi connectivity index (χ0n) is 8.38. The van der Waals surface area contributed by atoms with Crippen LogP contribution in [0.25, 0.3) is 0 Å². The summed E-state index contributed by atoms with van der Waals surface area (Å²) >= 11 is 0. The third-order valence-electron chi connectivity index (χ3n) is 2.44. The second-order valence-corrected chi connectivity index (χ2v) is 3.21. The zero-order chi connectivity index (χ0) is 8.97. The van der Waals surface area contributed by atoms with Crippen LogP contribution in [-0.4, -0.2) is 36.5 Å². The number of amides is 1. The van der Waals surface area contributed by atoms with Crippen molar-refractivity contribution in [3.8, 4) is 0 Å². The van der Waals surface area contributed by atoms with Gasteiger partial charge in [-0.05, 0) is 6.42 Å². The number of hydrogen-bond acceptors (Lipinski definition) is 2. The minimum atomic E-state index is 0. The largest absolute Gasteiger partial charge is 0.337 e. The first-order chi connectivity index (χ1) is 5.79. The SMILES string of the molecule is CCC(=O)N1CCNC[C@H]1CC.Cl. The van der Waals surface area contributed by atoms with Gasteiger partial charge in [0.15, 0.2) is 0 Å². The normalized spacial score (nSPS) is 22.3. The van der Waals surface area contributed by atoms with Crippen LogP contribution >= 0.6 is 12.4 Å². The molecule has 0 aromatic rings. The monoisotopic (exact) mass is 206 g/mol. The van der Waals surface area contributed by atoms with Crippen molar-refractivity contribution in [1.29, 1.82) is 0 Å². The molecule has 1 aliphatic rings. The Morgan fingerprint density at radius 1 is 1.54 bits per heavy atom. The van der Waals surface area contributed by atoms with E-state index in [0.717, 1.165) is 26.1 Å². The van der Waals surface area contributed by atoms with Crippen LogP contribution in [0.2, 0.25) is 0 Å². The van der Waals surface area contributed by atoms with Crippen molar-refractivity contribution < 1.29 is 4.79 Å². The molecule has 0 unspecified atom stereocenters. The average molecular weight is 207 g/mol. The van der Waals surface area contributed by atoms with Gasteiger partial charge in [0.1, 0.15) is 0 Å². The summed E-state index contributed by atoms with van der Waals surface area (Å²) in [6.45, 7) is 6.85. The molecule has 0 aromatic carbocycles. The predicted octanol–water partition coefficient (Wildman–Crippen LogP) is 1.03. The van der Waals surface area contributed by atoms with Gasteiger partial charge in [0.05, 0.1) is 0 Å². The van der Waals surface area contributed by atoms with Gasteiger partial charge in [0.2, 0.25) is 5.91 Å². The van der Waals surface area contributed by atoms with Crippen molar-refractivity contribution in [1.82, 2.24) is 10.2 Å². The number of piperazine rings is 1. The lowest BCUT2D eigenvalue weighted by molar-refractivity contribution is -0.134. The van der Waals surface area contributed by atoms with E-state index < -0.39 is 0 Å².